The molecule has 0 spiro atoms. The van der Waals surface area contributed by atoms with Crippen LogP contribution in [0.5, 0.6) is 5.75 Å². The molecule has 21 heavy (non-hydrogen) atoms. The Balaban J connectivity index is 1.84. The van der Waals surface area contributed by atoms with Crippen LogP contribution in [0.4, 0.5) is 5.69 Å². The van der Waals surface area contributed by atoms with Gasteiger partial charge in [-0.1, -0.05) is 30.3 Å². The Morgan fingerprint density at radius 2 is 1.90 bits per heavy atom. The molecule has 0 aliphatic carbocycles. The largest absolute Gasteiger partial charge is 0.489 e. The third-order valence-corrected chi connectivity index (χ3v) is 3.10. The topological polar surface area (TPSA) is 65.3 Å². The number of hydrogen-bond donors (Lipinski definition) is 0. The SMILES string of the molecule is O=[N+]([O-])c1cnc2ccc(OCc3ccccc3)cc2c1. The highest BCUT2D eigenvalue weighted by Crippen LogP contribution is 2.23. The number of benzene rings is 2. The van der Waals surface area contributed by atoms with Crippen LogP contribution in [-0.2, 0) is 6.61 Å². The Morgan fingerprint density at radius 1 is 1.10 bits per heavy atom. The van der Waals surface area contributed by atoms with Crippen LogP contribution in [0.15, 0.2) is 60.8 Å². The number of pyridine rings is 1. The predicted octanol–water partition coefficient (Wildman–Crippen LogP) is 3.72. The Hall–Kier alpha value is -2.95. The monoisotopic (exact) mass is 280 g/mol. The maximum absolute atomic E-state index is 10.8. The van der Waals surface area contributed by atoms with Crippen LogP contribution in [0.1, 0.15) is 5.56 Å². The molecule has 104 valence electrons. The second-order valence-corrected chi connectivity index (χ2v) is 4.58. The standard InChI is InChI=1S/C16H12N2O3/c19-18(20)14-8-13-9-15(6-7-16(13)17-10-14)21-11-12-4-2-1-3-5-12/h1-10H,11H2. The van der Waals surface area contributed by atoms with Crippen molar-refractivity contribution in [3.63, 3.8) is 0 Å². The summed E-state index contributed by atoms with van der Waals surface area (Å²) in [5.74, 6) is 0.661. The molecule has 0 bridgehead atoms. The van der Waals surface area contributed by atoms with Crippen molar-refractivity contribution in [2.75, 3.05) is 0 Å². The van der Waals surface area contributed by atoms with E-state index in [1.165, 1.54) is 12.3 Å². The molecule has 0 radical (unpaired) electrons. The minimum atomic E-state index is -0.454. The van der Waals surface area contributed by atoms with E-state index in [1.54, 1.807) is 12.1 Å². The zero-order chi connectivity index (χ0) is 14.7. The number of aromatic nitrogens is 1. The lowest BCUT2D eigenvalue weighted by Crippen LogP contribution is -1.95. The Morgan fingerprint density at radius 3 is 2.67 bits per heavy atom. The molecular weight excluding hydrogens is 268 g/mol. The number of nitro groups is 1. The van der Waals surface area contributed by atoms with Crippen molar-refractivity contribution in [3.05, 3.63) is 76.5 Å². The Kier molecular flexibility index (Phi) is 3.47. The maximum atomic E-state index is 10.8. The molecule has 0 fully saturated rings. The third-order valence-electron chi connectivity index (χ3n) is 3.10. The van der Waals surface area contributed by atoms with Crippen LogP contribution in [0.3, 0.4) is 0 Å². The first kappa shape index (κ1) is 13.1. The van der Waals surface area contributed by atoms with E-state index in [9.17, 15) is 10.1 Å². The zero-order valence-corrected chi connectivity index (χ0v) is 11.1. The lowest BCUT2D eigenvalue weighted by molar-refractivity contribution is -0.385. The van der Waals surface area contributed by atoms with Crippen LogP contribution < -0.4 is 4.74 Å². The Labute approximate surface area is 121 Å². The van der Waals surface area contributed by atoms with Crippen LogP contribution in [-0.4, -0.2) is 9.91 Å². The molecule has 0 saturated carbocycles. The van der Waals surface area contributed by atoms with E-state index in [1.807, 2.05) is 36.4 Å². The lowest BCUT2D eigenvalue weighted by Gasteiger charge is -2.07. The Bertz CT molecular complexity index is 788. The summed E-state index contributed by atoms with van der Waals surface area (Å²) in [6.07, 6.45) is 1.26. The van der Waals surface area contributed by atoms with Gasteiger partial charge in [-0.25, -0.2) is 4.98 Å². The smallest absolute Gasteiger partial charge is 0.288 e. The molecule has 1 aromatic heterocycles. The van der Waals surface area contributed by atoms with E-state index in [4.69, 9.17) is 4.74 Å². The van der Waals surface area contributed by atoms with Gasteiger partial charge in [0.05, 0.1) is 10.4 Å². The molecule has 0 unspecified atom stereocenters. The second kappa shape index (κ2) is 5.58. The quantitative estimate of drug-likeness (QED) is 0.539. The predicted molar refractivity (Wildman–Crippen MR) is 79.2 cm³/mol. The normalized spacial score (nSPS) is 10.5. The van der Waals surface area contributed by atoms with Crippen molar-refractivity contribution in [1.29, 1.82) is 0 Å². The summed E-state index contributed by atoms with van der Waals surface area (Å²) >= 11 is 0. The summed E-state index contributed by atoms with van der Waals surface area (Å²) in [5, 5.41) is 11.5. The first-order valence-corrected chi connectivity index (χ1v) is 6.43. The van der Waals surface area contributed by atoms with Crippen molar-refractivity contribution in [1.82, 2.24) is 4.98 Å². The van der Waals surface area contributed by atoms with Crippen molar-refractivity contribution >= 4 is 16.6 Å². The molecule has 3 aromatic rings. The van der Waals surface area contributed by atoms with Crippen molar-refractivity contribution < 1.29 is 9.66 Å². The van der Waals surface area contributed by atoms with Gasteiger partial charge in [0.15, 0.2) is 0 Å². The average molecular weight is 280 g/mol. The highest BCUT2D eigenvalue weighted by atomic mass is 16.6. The second-order valence-electron chi connectivity index (χ2n) is 4.58. The zero-order valence-electron chi connectivity index (χ0n) is 11.1. The number of nitrogens with zero attached hydrogens (tertiary/aromatic N) is 2. The third kappa shape index (κ3) is 2.97. The van der Waals surface area contributed by atoms with Gasteiger partial charge in [-0.15, -0.1) is 0 Å². The molecule has 0 N–H and O–H groups in total. The van der Waals surface area contributed by atoms with Gasteiger partial charge in [0.25, 0.3) is 5.69 Å². The van der Waals surface area contributed by atoms with E-state index in [-0.39, 0.29) is 5.69 Å². The fourth-order valence-electron chi connectivity index (χ4n) is 2.03. The summed E-state index contributed by atoms with van der Waals surface area (Å²) in [5.41, 5.74) is 1.74. The first-order valence-electron chi connectivity index (χ1n) is 6.43. The van der Waals surface area contributed by atoms with E-state index < -0.39 is 4.92 Å². The van der Waals surface area contributed by atoms with Gasteiger partial charge in [-0.2, -0.15) is 0 Å². The maximum Gasteiger partial charge on any atom is 0.288 e. The van der Waals surface area contributed by atoms with Gasteiger partial charge in [-0.3, -0.25) is 10.1 Å². The fourth-order valence-corrected chi connectivity index (χ4v) is 2.03. The molecule has 0 atom stereocenters. The molecule has 2 aromatic carbocycles. The van der Waals surface area contributed by atoms with E-state index in [0.717, 1.165) is 5.56 Å². The van der Waals surface area contributed by atoms with Crippen LogP contribution in [0, 0.1) is 10.1 Å². The van der Waals surface area contributed by atoms with Gasteiger partial charge >= 0.3 is 0 Å². The summed E-state index contributed by atoms with van der Waals surface area (Å²) < 4.78 is 5.70. The summed E-state index contributed by atoms with van der Waals surface area (Å²) in [6, 6.07) is 16.7. The molecule has 0 amide bonds. The average Bonchev–Trinajstić information content (AvgIpc) is 2.53. The van der Waals surface area contributed by atoms with Gasteiger partial charge < -0.3 is 4.74 Å². The van der Waals surface area contributed by atoms with Crippen LogP contribution >= 0.6 is 0 Å². The molecule has 1 heterocycles. The van der Waals surface area contributed by atoms with Gasteiger partial charge in [0, 0.05) is 11.5 Å². The summed E-state index contributed by atoms with van der Waals surface area (Å²) in [6.45, 7) is 0.453. The van der Waals surface area contributed by atoms with E-state index >= 15 is 0 Å². The minimum Gasteiger partial charge on any atom is -0.489 e. The molecule has 0 aliphatic heterocycles. The van der Waals surface area contributed by atoms with Gasteiger partial charge in [0.1, 0.15) is 18.6 Å². The lowest BCUT2D eigenvalue weighted by atomic mass is 10.2. The van der Waals surface area contributed by atoms with Crippen LogP contribution in [0.2, 0.25) is 0 Å². The molecular formula is C16H12N2O3. The van der Waals surface area contributed by atoms with Crippen molar-refractivity contribution in [2.24, 2.45) is 0 Å². The number of fused-ring (bicyclic) bond motifs is 1. The highest BCUT2D eigenvalue weighted by Gasteiger charge is 2.08. The van der Waals surface area contributed by atoms with Gasteiger partial charge in [0.2, 0.25) is 0 Å². The first-order chi connectivity index (χ1) is 10.2. The van der Waals surface area contributed by atoms with E-state index in [2.05, 4.69) is 4.98 Å². The minimum absolute atomic E-state index is 0.0253. The number of hydrogen-bond acceptors (Lipinski definition) is 4. The molecule has 0 aliphatic rings. The summed E-state index contributed by atoms with van der Waals surface area (Å²) in [7, 11) is 0. The van der Waals surface area contributed by atoms with E-state index in [0.29, 0.717) is 23.3 Å². The summed E-state index contributed by atoms with van der Waals surface area (Å²) in [4.78, 5) is 14.4. The van der Waals surface area contributed by atoms with Crippen LogP contribution in [0.25, 0.3) is 10.9 Å². The molecule has 5 nitrogen and oxygen atoms in total. The molecule has 0 saturated heterocycles. The van der Waals surface area contributed by atoms with Crippen molar-refractivity contribution in [2.45, 2.75) is 6.61 Å². The van der Waals surface area contributed by atoms with Crippen molar-refractivity contribution in [3.8, 4) is 5.75 Å². The highest BCUT2D eigenvalue weighted by molar-refractivity contribution is 5.81. The number of rotatable bonds is 4. The molecule has 5 heteroatoms. The number of ether oxygens (including phenoxy) is 1. The van der Waals surface area contributed by atoms with Gasteiger partial charge in [-0.05, 0) is 23.8 Å². The fraction of sp³-hybridized carbons (Fsp3) is 0.0625. The molecule has 3 rings (SSSR count).